The quantitative estimate of drug-likeness (QED) is 0.455. The van der Waals surface area contributed by atoms with Crippen LogP contribution in [0, 0.1) is 13.8 Å². The third-order valence-corrected chi connectivity index (χ3v) is 6.42. The zero-order valence-electron chi connectivity index (χ0n) is 21.2. The Morgan fingerprint density at radius 3 is 2.50 bits per heavy atom. The lowest BCUT2D eigenvalue weighted by Crippen LogP contribution is -2.43. The molecule has 1 aliphatic heterocycles. The van der Waals surface area contributed by atoms with Crippen molar-refractivity contribution in [3.8, 4) is 17.2 Å². The second kappa shape index (κ2) is 11.9. The molecule has 0 bridgehead atoms. The maximum absolute atomic E-state index is 13.3. The van der Waals surface area contributed by atoms with Gasteiger partial charge in [-0.15, -0.1) is 0 Å². The molecule has 1 fully saturated rings. The van der Waals surface area contributed by atoms with Gasteiger partial charge in [-0.25, -0.2) is 0 Å². The Hall–Kier alpha value is -3.56. The molecule has 9 nitrogen and oxygen atoms in total. The van der Waals surface area contributed by atoms with Crippen LogP contribution in [-0.4, -0.2) is 63.0 Å². The number of hydrogen-bond donors (Lipinski definition) is 1. The summed E-state index contributed by atoms with van der Waals surface area (Å²) in [5.41, 5.74) is 3.15. The van der Waals surface area contributed by atoms with Crippen LogP contribution >= 0.6 is 0 Å². The highest BCUT2D eigenvalue weighted by atomic mass is 16.5. The number of ether oxygens (including phenoxy) is 4. The number of nitrogens with one attached hydrogen (secondary N) is 1. The normalized spacial score (nSPS) is 14.8. The van der Waals surface area contributed by atoms with Crippen molar-refractivity contribution in [3.05, 3.63) is 70.6 Å². The number of para-hydroxylation sites is 1. The number of rotatable bonds is 10. The van der Waals surface area contributed by atoms with Crippen LogP contribution in [0.4, 0.5) is 0 Å². The SMILES string of the molecule is COc1ccc(C(CNC(=O)c2ccccc2OCc2c(C)noc2C)N2CCOCC2)cc1OC. The predicted molar refractivity (Wildman–Crippen MR) is 134 cm³/mol. The first kappa shape index (κ1) is 25.5. The van der Waals surface area contributed by atoms with Crippen LogP contribution in [0.5, 0.6) is 17.2 Å². The first-order valence-corrected chi connectivity index (χ1v) is 12.0. The van der Waals surface area contributed by atoms with Crippen LogP contribution in [0.15, 0.2) is 47.0 Å². The van der Waals surface area contributed by atoms with E-state index in [-0.39, 0.29) is 18.6 Å². The van der Waals surface area contributed by atoms with E-state index in [2.05, 4.69) is 15.4 Å². The van der Waals surface area contributed by atoms with E-state index in [9.17, 15) is 4.79 Å². The molecule has 1 atom stereocenters. The lowest BCUT2D eigenvalue weighted by Gasteiger charge is -2.35. The number of methoxy groups -OCH3 is 2. The summed E-state index contributed by atoms with van der Waals surface area (Å²) in [6.45, 7) is 7.23. The summed E-state index contributed by atoms with van der Waals surface area (Å²) in [4.78, 5) is 15.6. The van der Waals surface area contributed by atoms with Gasteiger partial charge in [0, 0.05) is 19.6 Å². The molecule has 9 heteroatoms. The number of aromatic nitrogens is 1. The molecule has 1 amide bonds. The highest BCUT2D eigenvalue weighted by Gasteiger charge is 2.25. The van der Waals surface area contributed by atoms with Gasteiger partial charge in [0.25, 0.3) is 5.91 Å². The number of carbonyl (C=O) groups excluding carboxylic acids is 1. The summed E-state index contributed by atoms with van der Waals surface area (Å²) in [5, 5.41) is 7.08. The van der Waals surface area contributed by atoms with Crippen LogP contribution in [0.25, 0.3) is 0 Å². The first-order valence-electron chi connectivity index (χ1n) is 12.0. The van der Waals surface area contributed by atoms with Gasteiger partial charge in [-0.2, -0.15) is 0 Å². The smallest absolute Gasteiger partial charge is 0.255 e. The second-order valence-electron chi connectivity index (χ2n) is 8.58. The van der Waals surface area contributed by atoms with E-state index in [1.54, 1.807) is 26.4 Å². The topological polar surface area (TPSA) is 95.3 Å². The van der Waals surface area contributed by atoms with Crippen molar-refractivity contribution in [2.45, 2.75) is 26.5 Å². The molecule has 1 N–H and O–H groups in total. The number of amides is 1. The summed E-state index contributed by atoms with van der Waals surface area (Å²) in [5.74, 6) is 2.32. The fourth-order valence-corrected chi connectivity index (χ4v) is 4.33. The average Bonchev–Trinajstić information content (AvgIpc) is 3.24. The summed E-state index contributed by atoms with van der Waals surface area (Å²) in [7, 11) is 3.23. The molecular formula is C27H33N3O6. The number of hydrogen-bond acceptors (Lipinski definition) is 8. The summed E-state index contributed by atoms with van der Waals surface area (Å²) in [6, 6.07) is 13.0. The molecule has 2 aromatic carbocycles. The van der Waals surface area contributed by atoms with Gasteiger partial charge in [-0.05, 0) is 43.7 Å². The van der Waals surface area contributed by atoms with Gasteiger partial charge in [-0.3, -0.25) is 9.69 Å². The van der Waals surface area contributed by atoms with Gasteiger partial charge >= 0.3 is 0 Å². The largest absolute Gasteiger partial charge is 0.493 e. The van der Waals surface area contributed by atoms with Crippen molar-refractivity contribution >= 4 is 5.91 Å². The Balaban J connectivity index is 1.50. The van der Waals surface area contributed by atoms with Gasteiger partial charge in [0.2, 0.25) is 0 Å². The Labute approximate surface area is 211 Å². The first-order chi connectivity index (χ1) is 17.5. The van der Waals surface area contributed by atoms with Crippen LogP contribution in [0.2, 0.25) is 0 Å². The number of aryl methyl sites for hydroxylation is 2. The molecule has 2 heterocycles. The van der Waals surface area contributed by atoms with E-state index in [1.165, 1.54) is 0 Å². The molecule has 1 aromatic heterocycles. The highest BCUT2D eigenvalue weighted by Crippen LogP contribution is 2.32. The number of nitrogens with zero attached hydrogens (tertiary/aromatic N) is 2. The van der Waals surface area contributed by atoms with Crippen LogP contribution in [0.1, 0.15) is 39.0 Å². The molecule has 3 aromatic rings. The molecule has 0 radical (unpaired) electrons. The molecule has 36 heavy (non-hydrogen) atoms. The van der Waals surface area contributed by atoms with Crippen molar-refractivity contribution in [2.24, 2.45) is 0 Å². The van der Waals surface area contributed by atoms with Gasteiger partial charge < -0.3 is 28.8 Å². The van der Waals surface area contributed by atoms with Crippen LogP contribution < -0.4 is 19.5 Å². The van der Waals surface area contributed by atoms with E-state index in [0.717, 1.165) is 29.9 Å². The van der Waals surface area contributed by atoms with E-state index < -0.39 is 0 Å². The minimum Gasteiger partial charge on any atom is -0.493 e. The fourth-order valence-electron chi connectivity index (χ4n) is 4.33. The molecule has 1 saturated heterocycles. The Kier molecular flexibility index (Phi) is 8.45. The Morgan fingerprint density at radius 1 is 1.06 bits per heavy atom. The van der Waals surface area contributed by atoms with Crippen molar-refractivity contribution < 1.29 is 28.3 Å². The molecule has 0 saturated carbocycles. The average molecular weight is 496 g/mol. The van der Waals surface area contributed by atoms with Gasteiger partial charge in [0.05, 0.1) is 50.3 Å². The Bertz CT molecular complexity index is 1150. The molecule has 1 unspecified atom stereocenters. The maximum Gasteiger partial charge on any atom is 0.255 e. The van der Waals surface area contributed by atoms with Gasteiger partial charge in [0.15, 0.2) is 11.5 Å². The van der Waals surface area contributed by atoms with Crippen LogP contribution in [0.3, 0.4) is 0 Å². The molecule has 4 rings (SSSR count). The van der Waals surface area contributed by atoms with Gasteiger partial charge in [0.1, 0.15) is 18.1 Å². The second-order valence-corrected chi connectivity index (χ2v) is 8.58. The lowest BCUT2D eigenvalue weighted by atomic mass is 10.0. The van der Waals surface area contributed by atoms with Gasteiger partial charge in [-0.1, -0.05) is 23.4 Å². The van der Waals surface area contributed by atoms with Crippen molar-refractivity contribution in [1.82, 2.24) is 15.4 Å². The third kappa shape index (κ3) is 5.80. The van der Waals surface area contributed by atoms with E-state index in [0.29, 0.717) is 48.3 Å². The minimum absolute atomic E-state index is 0.0620. The molecule has 192 valence electrons. The summed E-state index contributed by atoms with van der Waals surface area (Å²) >= 11 is 0. The molecule has 1 aliphatic rings. The zero-order chi connectivity index (χ0) is 25.5. The van der Waals surface area contributed by atoms with E-state index >= 15 is 0 Å². The van der Waals surface area contributed by atoms with Crippen molar-refractivity contribution in [1.29, 1.82) is 0 Å². The predicted octanol–water partition coefficient (Wildman–Crippen LogP) is 3.69. The Morgan fingerprint density at radius 2 is 1.81 bits per heavy atom. The standard InChI is InChI=1S/C27H33N3O6/c1-18-22(19(2)36-29-18)17-35-24-8-6-5-7-21(24)27(31)28-16-23(30-11-13-34-14-12-30)20-9-10-25(32-3)26(15-20)33-4/h5-10,15,23H,11-14,16-17H2,1-4H3,(H,28,31). The fraction of sp³-hybridized carbons (Fsp3) is 0.407. The van der Waals surface area contributed by atoms with Crippen molar-refractivity contribution in [2.75, 3.05) is 47.1 Å². The third-order valence-electron chi connectivity index (χ3n) is 6.42. The highest BCUT2D eigenvalue weighted by molar-refractivity contribution is 5.96. The summed E-state index contributed by atoms with van der Waals surface area (Å²) in [6.07, 6.45) is 0. The summed E-state index contributed by atoms with van der Waals surface area (Å²) < 4.78 is 27.7. The monoisotopic (exact) mass is 495 g/mol. The molecule has 0 aliphatic carbocycles. The maximum atomic E-state index is 13.3. The molecular weight excluding hydrogens is 462 g/mol. The number of carbonyl (C=O) groups is 1. The van der Waals surface area contributed by atoms with Crippen LogP contribution in [-0.2, 0) is 11.3 Å². The zero-order valence-corrected chi connectivity index (χ0v) is 21.2. The van der Waals surface area contributed by atoms with Crippen molar-refractivity contribution in [3.63, 3.8) is 0 Å². The number of benzene rings is 2. The minimum atomic E-state index is -0.205. The van der Waals surface area contributed by atoms with E-state index in [4.69, 9.17) is 23.5 Å². The molecule has 0 spiro atoms. The number of morpholine rings is 1. The van der Waals surface area contributed by atoms with E-state index in [1.807, 2.05) is 44.2 Å². The lowest BCUT2D eigenvalue weighted by molar-refractivity contribution is 0.0162.